The van der Waals surface area contributed by atoms with Crippen LogP contribution >= 0.6 is 0 Å². The van der Waals surface area contributed by atoms with Crippen LogP contribution in [0, 0.1) is 5.82 Å². The fourth-order valence-corrected chi connectivity index (χ4v) is 2.19. The van der Waals surface area contributed by atoms with Crippen LogP contribution in [0.1, 0.15) is 0 Å². The number of methoxy groups -OCH3 is 2. The summed E-state index contributed by atoms with van der Waals surface area (Å²) < 4.78 is 24.4. The van der Waals surface area contributed by atoms with E-state index in [1.54, 1.807) is 32.4 Å². The Kier molecular flexibility index (Phi) is 3.13. The molecule has 5 nitrogen and oxygen atoms in total. The predicted molar refractivity (Wildman–Crippen MR) is 79.0 cm³/mol. The fourth-order valence-electron chi connectivity index (χ4n) is 2.19. The molecule has 21 heavy (non-hydrogen) atoms. The van der Waals surface area contributed by atoms with Crippen LogP contribution < -0.4 is 15.2 Å². The van der Waals surface area contributed by atoms with Crippen molar-refractivity contribution in [3.8, 4) is 22.9 Å². The second-order valence-corrected chi connectivity index (χ2v) is 4.55. The highest BCUT2D eigenvalue weighted by atomic mass is 19.1. The molecule has 0 unspecified atom stereocenters. The summed E-state index contributed by atoms with van der Waals surface area (Å²) in [6, 6.07) is 7.86. The van der Waals surface area contributed by atoms with Crippen LogP contribution in [0.25, 0.3) is 22.4 Å². The summed E-state index contributed by atoms with van der Waals surface area (Å²) in [6.45, 7) is 0. The highest BCUT2D eigenvalue weighted by Crippen LogP contribution is 2.33. The number of ether oxygens (including phenoxy) is 2. The second-order valence-electron chi connectivity index (χ2n) is 4.55. The van der Waals surface area contributed by atoms with E-state index in [1.807, 2.05) is 0 Å². The van der Waals surface area contributed by atoms with Gasteiger partial charge >= 0.3 is 0 Å². The predicted octanol–water partition coefficient (Wildman–Crippen LogP) is 2.97. The molecule has 0 aliphatic heterocycles. The molecule has 0 aliphatic rings. The van der Waals surface area contributed by atoms with Gasteiger partial charge in [0.2, 0.25) is 0 Å². The van der Waals surface area contributed by atoms with Crippen molar-refractivity contribution in [2.75, 3.05) is 20.0 Å². The van der Waals surface area contributed by atoms with Crippen molar-refractivity contribution in [2.24, 2.45) is 0 Å². The molecule has 0 bridgehead atoms. The molecular weight excluding hydrogens is 273 g/mol. The van der Waals surface area contributed by atoms with Gasteiger partial charge in [-0.05, 0) is 18.2 Å². The van der Waals surface area contributed by atoms with E-state index in [1.165, 1.54) is 12.1 Å². The Morgan fingerprint density at radius 1 is 1.10 bits per heavy atom. The molecule has 0 atom stereocenters. The van der Waals surface area contributed by atoms with Crippen molar-refractivity contribution < 1.29 is 13.9 Å². The standard InChI is InChI=1S/C15H14FN3O2/c1-20-13-6-11-12(7-14(13)21-2)19-15(18-11)9-5-8(17)3-4-10(9)16/h3-7H,17H2,1-2H3,(H,18,19). The molecule has 0 saturated carbocycles. The molecule has 0 fully saturated rings. The van der Waals surface area contributed by atoms with Gasteiger partial charge in [0.05, 0.1) is 30.8 Å². The zero-order valence-electron chi connectivity index (χ0n) is 11.6. The molecule has 108 valence electrons. The molecule has 1 heterocycles. The van der Waals surface area contributed by atoms with Gasteiger partial charge < -0.3 is 20.2 Å². The third kappa shape index (κ3) is 2.24. The monoisotopic (exact) mass is 287 g/mol. The Balaban J connectivity index is 2.19. The summed E-state index contributed by atoms with van der Waals surface area (Å²) in [5.41, 5.74) is 7.88. The van der Waals surface area contributed by atoms with E-state index >= 15 is 0 Å². The number of anilines is 1. The maximum Gasteiger partial charge on any atom is 0.163 e. The SMILES string of the molecule is COc1cc2nc(-c3cc(N)ccc3F)[nH]c2cc1OC. The van der Waals surface area contributed by atoms with Gasteiger partial charge in [-0.25, -0.2) is 9.37 Å². The second kappa shape index (κ2) is 4.97. The average Bonchev–Trinajstić information content (AvgIpc) is 2.90. The van der Waals surface area contributed by atoms with Crippen LogP contribution in [-0.4, -0.2) is 24.2 Å². The molecular formula is C15H14FN3O2. The largest absolute Gasteiger partial charge is 0.493 e. The minimum Gasteiger partial charge on any atom is -0.493 e. The number of halogens is 1. The first-order valence-electron chi connectivity index (χ1n) is 6.29. The van der Waals surface area contributed by atoms with E-state index in [0.29, 0.717) is 34.1 Å². The number of nitrogens with one attached hydrogen (secondary N) is 1. The molecule has 1 aromatic heterocycles. The average molecular weight is 287 g/mol. The summed E-state index contributed by atoms with van der Waals surface area (Å²) in [5, 5.41) is 0. The molecule has 0 radical (unpaired) electrons. The molecule has 0 amide bonds. The van der Waals surface area contributed by atoms with Crippen molar-refractivity contribution in [3.05, 3.63) is 36.1 Å². The van der Waals surface area contributed by atoms with Crippen LogP contribution in [0.4, 0.5) is 10.1 Å². The Morgan fingerprint density at radius 3 is 2.52 bits per heavy atom. The van der Waals surface area contributed by atoms with Gasteiger partial charge in [0, 0.05) is 17.8 Å². The smallest absolute Gasteiger partial charge is 0.163 e. The number of aromatic amines is 1. The molecule has 3 aromatic rings. The molecule has 3 rings (SSSR count). The number of hydrogen-bond acceptors (Lipinski definition) is 4. The third-order valence-electron chi connectivity index (χ3n) is 3.23. The zero-order valence-corrected chi connectivity index (χ0v) is 11.6. The number of nitrogen functional groups attached to an aromatic ring is 1. The van der Waals surface area contributed by atoms with Crippen LogP contribution in [0.3, 0.4) is 0 Å². The number of nitrogens with two attached hydrogens (primary N) is 1. The Hall–Kier alpha value is -2.76. The number of fused-ring (bicyclic) bond motifs is 1. The topological polar surface area (TPSA) is 73.2 Å². The van der Waals surface area contributed by atoms with Gasteiger partial charge in [0.1, 0.15) is 11.6 Å². The number of rotatable bonds is 3. The third-order valence-corrected chi connectivity index (χ3v) is 3.23. The molecule has 2 aromatic carbocycles. The lowest BCUT2D eigenvalue weighted by molar-refractivity contribution is 0.356. The summed E-state index contributed by atoms with van der Waals surface area (Å²) in [5.74, 6) is 1.16. The maximum atomic E-state index is 13.9. The van der Waals surface area contributed by atoms with Crippen LogP contribution in [-0.2, 0) is 0 Å². The lowest BCUT2D eigenvalue weighted by atomic mass is 10.2. The number of benzene rings is 2. The summed E-state index contributed by atoms with van der Waals surface area (Å²) in [7, 11) is 3.10. The number of hydrogen-bond donors (Lipinski definition) is 2. The molecule has 3 N–H and O–H groups in total. The lowest BCUT2D eigenvalue weighted by Crippen LogP contribution is -1.90. The van der Waals surface area contributed by atoms with Gasteiger partial charge in [0.15, 0.2) is 11.5 Å². The quantitative estimate of drug-likeness (QED) is 0.726. The summed E-state index contributed by atoms with van der Waals surface area (Å²) in [4.78, 5) is 7.45. The van der Waals surface area contributed by atoms with E-state index < -0.39 is 0 Å². The van der Waals surface area contributed by atoms with E-state index in [0.717, 1.165) is 5.52 Å². The number of H-pyrrole nitrogens is 1. The highest BCUT2D eigenvalue weighted by Gasteiger charge is 2.13. The van der Waals surface area contributed by atoms with Crippen LogP contribution in [0.15, 0.2) is 30.3 Å². The van der Waals surface area contributed by atoms with Crippen LogP contribution in [0.5, 0.6) is 11.5 Å². The number of aromatic nitrogens is 2. The fraction of sp³-hybridized carbons (Fsp3) is 0.133. The van der Waals surface area contributed by atoms with Gasteiger partial charge in [-0.15, -0.1) is 0 Å². The Labute approximate surface area is 120 Å². The van der Waals surface area contributed by atoms with Crippen molar-refractivity contribution in [2.45, 2.75) is 0 Å². The zero-order chi connectivity index (χ0) is 15.0. The lowest BCUT2D eigenvalue weighted by Gasteiger charge is -2.06. The van der Waals surface area contributed by atoms with Gasteiger partial charge in [-0.1, -0.05) is 0 Å². The van der Waals surface area contributed by atoms with Crippen molar-refractivity contribution in [1.29, 1.82) is 0 Å². The minimum atomic E-state index is -0.387. The first kappa shape index (κ1) is 13.2. The first-order valence-corrected chi connectivity index (χ1v) is 6.29. The summed E-state index contributed by atoms with van der Waals surface area (Å²) >= 11 is 0. The highest BCUT2D eigenvalue weighted by molar-refractivity contribution is 5.83. The molecule has 0 saturated heterocycles. The van der Waals surface area contributed by atoms with Crippen molar-refractivity contribution in [1.82, 2.24) is 9.97 Å². The molecule has 0 spiro atoms. The normalized spacial score (nSPS) is 10.8. The first-order chi connectivity index (χ1) is 10.1. The van der Waals surface area contributed by atoms with Gasteiger partial charge in [-0.2, -0.15) is 0 Å². The van der Waals surface area contributed by atoms with E-state index in [4.69, 9.17) is 15.2 Å². The van der Waals surface area contributed by atoms with E-state index in [9.17, 15) is 4.39 Å². The van der Waals surface area contributed by atoms with Gasteiger partial charge in [0.25, 0.3) is 0 Å². The van der Waals surface area contributed by atoms with Crippen LogP contribution in [0.2, 0.25) is 0 Å². The Morgan fingerprint density at radius 2 is 1.81 bits per heavy atom. The van der Waals surface area contributed by atoms with Gasteiger partial charge in [-0.3, -0.25) is 0 Å². The van der Waals surface area contributed by atoms with E-state index in [-0.39, 0.29) is 5.82 Å². The van der Waals surface area contributed by atoms with Crippen molar-refractivity contribution >= 4 is 16.7 Å². The maximum absolute atomic E-state index is 13.9. The summed E-state index contributed by atoms with van der Waals surface area (Å²) in [6.07, 6.45) is 0. The molecule has 6 heteroatoms. The number of nitrogens with zero attached hydrogens (tertiary/aromatic N) is 1. The Bertz CT molecular complexity index is 773. The number of imidazole rings is 1. The van der Waals surface area contributed by atoms with Crippen molar-refractivity contribution in [3.63, 3.8) is 0 Å². The minimum absolute atomic E-state index is 0.323. The molecule has 0 aliphatic carbocycles. The van der Waals surface area contributed by atoms with E-state index in [2.05, 4.69) is 9.97 Å².